The maximum atomic E-state index is 6.96. The summed E-state index contributed by atoms with van der Waals surface area (Å²) >= 11 is 1.79. The Balaban J connectivity index is 0.972. The van der Waals surface area contributed by atoms with Gasteiger partial charge in [0.1, 0.15) is 11.2 Å². The molecule has 0 spiro atoms. The van der Waals surface area contributed by atoms with Crippen LogP contribution in [0.3, 0.4) is 0 Å². The van der Waals surface area contributed by atoms with Gasteiger partial charge in [0.05, 0.1) is 5.56 Å². The fraction of sp³-hybridized carbons (Fsp3) is 0. The number of benzene rings is 10. The number of hydrogen-bond acceptors (Lipinski definition) is 5. The van der Waals surface area contributed by atoms with Crippen molar-refractivity contribution in [2.45, 2.75) is 0 Å². The highest BCUT2D eigenvalue weighted by molar-refractivity contribution is 7.26. The number of furan rings is 1. The van der Waals surface area contributed by atoms with Gasteiger partial charge in [-0.25, -0.2) is 15.0 Å². The summed E-state index contributed by atoms with van der Waals surface area (Å²) in [7, 11) is 0. The first-order chi connectivity index (χ1) is 32.7. The zero-order valence-electron chi connectivity index (χ0n) is 35.5. The molecule has 0 bridgehead atoms. The van der Waals surface area contributed by atoms with Crippen molar-refractivity contribution in [1.29, 1.82) is 0 Å². The lowest BCUT2D eigenvalue weighted by Crippen LogP contribution is -2.00. The third-order valence-corrected chi connectivity index (χ3v) is 13.9. The lowest BCUT2D eigenvalue weighted by atomic mass is 9.86. The molecule has 0 N–H and O–H groups in total. The Hall–Kier alpha value is -8.51. The van der Waals surface area contributed by atoms with Crippen LogP contribution in [0, 0.1) is 0 Å². The molecule has 0 saturated heterocycles. The van der Waals surface area contributed by atoms with E-state index >= 15 is 0 Å². The largest absolute Gasteiger partial charge is 0.455 e. The van der Waals surface area contributed by atoms with Gasteiger partial charge < -0.3 is 4.42 Å². The van der Waals surface area contributed by atoms with Crippen molar-refractivity contribution in [2.75, 3.05) is 0 Å². The molecule has 308 valence electrons. The van der Waals surface area contributed by atoms with E-state index in [1.165, 1.54) is 53.4 Å². The number of aromatic nitrogens is 3. The highest BCUT2D eigenvalue weighted by Gasteiger charge is 2.22. The van der Waals surface area contributed by atoms with E-state index < -0.39 is 0 Å². The Morgan fingerprint density at radius 2 is 0.939 bits per heavy atom. The number of rotatable bonds is 7. The van der Waals surface area contributed by atoms with Crippen molar-refractivity contribution >= 4 is 64.2 Å². The van der Waals surface area contributed by atoms with Gasteiger partial charge in [-0.1, -0.05) is 188 Å². The highest BCUT2D eigenvalue weighted by atomic mass is 32.1. The molecule has 4 nitrogen and oxygen atoms in total. The molecule has 0 saturated carbocycles. The number of hydrogen-bond donors (Lipinski definition) is 0. The van der Waals surface area contributed by atoms with E-state index in [-0.39, 0.29) is 0 Å². The molecular weight excluding hydrogens is 823 g/mol. The molecule has 0 aliphatic carbocycles. The first kappa shape index (κ1) is 38.0. The average Bonchev–Trinajstić information content (AvgIpc) is 3.97. The summed E-state index contributed by atoms with van der Waals surface area (Å²) in [6, 6.07) is 79.3. The summed E-state index contributed by atoms with van der Waals surface area (Å²) in [5.74, 6) is 1.78. The fourth-order valence-corrected chi connectivity index (χ4v) is 10.8. The van der Waals surface area contributed by atoms with Gasteiger partial charge in [0.2, 0.25) is 0 Å². The van der Waals surface area contributed by atoms with Crippen molar-refractivity contribution in [3.8, 4) is 78.7 Å². The highest BCUT2D eigenvalue weighted by Crippen LogP contribution is 2.45. The second kappa shape index (κ2) is 15.6. The van der Waals surface area contributed by atoms with Gasteiger partial charge in [-0.15, -0.1) is 11.3 Å². The van der Waals surface area contributed by atoms with Crippen molar-refractivity contribution in [3.63, 3.8) is 0 Å². The average molecular weight is 860 g/mol. The van der Waals surface area contributed by atoms with E-state index in [2.05, 4.69) is 206 Å². The van der Waals surface area contributed by atoms with E-state index in [0.717, 1.165) is 60.7 Å². The molecule has 0 amide bonds. The Bertz CT molecular complexity index is 3990. The van der Waals surface area contributed by atoms with Gasteiger partial charge in [0, 0.05) is 42.1 Å². The van der Waals surface area contributed by atoms with Gasteiger partial charge in [0.15, 0.2) is 17.5 Å². The van der Waals surface area contributed by atoms with Crippen LogP contribution in [-0.2, 0) is 0 Å². The summed E-state index contributed by atoms with van der Waals surface area (Å²) in [5.41, 5.74) is 13.5. The van der Waals surface area contributed by atoms with Crippen LogP contribution in [0.4, 0.5) is 0 Å². The number of para-hydroxylation sites is 1. The van der Waals surface area contributed by atoms with Crippen LogP contribution in [0.15, 0.2) is 229 Å². The first-order valence-corrected chi connectivity index (χ1v) is 23.0. The van der Waals surface area contributed by atoms with Crippen molar-refractivity contribution in [2.24, 2.45) is 0 Å². The van der Waals surface area contributed by atoms with Gasteiger partial charge in [-0.2, -0.15) is 0 Å². The summed E-state index contributed by atoms with van der Waals surface area (Å²) in [6.07, 6.45) is 0. The minimum Gasteiger partial charge on any atom is -0.455 e. The molecule has 3 heterocycles. The third kappa shape index (κ3) is 6.40. The molecular formula is C61H37N3OS. The monoisotopic (exact) mass is 859 g/mol. The number of thiophene rings is 1. The van der Waals surface area contributed by atoms with E-state index in [9.17, 15) is 0 Å². The molecule has 0 radical (unpaired) electrons. The normalized spacial score (nSPS) is 11.6. The molecule has 10 aromatic carbocycles. The molecule has 5 heteroatoms. The SMILES string of the molecule is c1ccc(-c2ccc3sc4cccc(-c5nc(-c6ccccc6)nc(-c6cccc7c6oc6cc(-c8ccccc8-c8ccc9ccccc9c8-c8ccccc8)ccc67)n5)c4c3c2)cc1. The van der Waals surface area contributed by atoms with Gasteiger partial charge in [-0.3, -0.25) is 0 Å². The van der Waals surface area contributed by atoms with E-state index in [4.69, 9.17) is 19.4 Å². The van der Waals surface area contributed by atoms with E-state index in [1.807, 2.05) is 18.2 Å². The predicted octanol–water partition coefficient (Wildman–Crippen LogP) is 17.0. The van der Waals surface area contributed by atoms with Crippen LogP contribution < -0.4 is 0 Å². The summed E-state index contributed by atoms with van der Waals surface area (Å²) in [6.45, 7) is 0. The molecule has 0 aliphatic rings. The minimum atomic E-state index is 0.556. The van der Waals surface area contributed by atoms with E-state index in [0.29, 0.717) is 17.5 Å². The van der Waals surface area contributed by atoms with Crippen LogP contribution in [0.1, 0.15) is 0 Å². The summed E-state index contributed by atoms with van der Waals surface area (Å²) in [5, 5.41) is 6.80. The zero-order valence-corrected chi connectivity index (χ0v) is 36.3. The van der Waals surface area contributed by atoms with Crippen LogP contribution >= 0.6 is 11.3 Å². The van der Waals surface area contributed by atoms with Crippen molar-refractivity contribution in [3.05, 3.63) is 224 Å². The molecule has 0 aliphatic heterocycles. The fourth-order valence-electron chi connectivity index (χ4n) is 9.68. The quantitative estimate of drug-likeness (QED) is 0.160. The second-order valence-corrected chi connectivity index (χ2v) is 17.7. The summed E-state index contributed by atoms with van der Waals surface area (Å²) < 4.78 is 9.36. The maximum absolute atomic E-state index is 6.96. The van der Waals surface area contributed by atoms with Crippen LogP contribution in [0.5, 0.6) is 0 Å². The Labute approximate surface area is 384 Å². The number of fused-ring (bicyclic) bond motifs is 7. The zero-order chi connectivity index (χ0) is 43.6. The molecule has 13 rings (SSSR count). The van der Waals surface area contributed by atoms with E-state index in [1.54, 1.807) is 11.3 Å². The first-order valence-electron chi connectivity index (χ1n) is 22.2. The smallest absolute Gasteiger partial charge is 0.167 e. The topological polar surface area (TPSA) is 51.8 Å². The van der Waals surface area contributed by atoms with Crippen LogP contribution in [0.25, 0.3) is 132 Å². The van der Waals surface area contributed by atoms with Gasteiger partial charge in [0.25, 0.3) is 0 Å². The lowest BCUT2D eigenvalue weighted by Gasteiger charge is -2.17. The Kier molecular flexibility index (Phi) is 9.00. The molecule has 13 aromatic rings. The molecule has 0 fully saturated rings. The minimum absolute atomic E-state index is 0.556. The molecule has 0 atom stereocenters. The van der Waals surface area contributed by atoms with Crippen LogP contribution in [-0.4, -0.2) is 15.0 Å². The third-order valence-electron chi connectivity index (χ3n) is 12.8. The Morgan fingerprint density at radius 3 is 1.76 bits per heavy atom. The number of nitrogens with zero attached hydrogens (tertiary/aromatic N) is 3. The maximum Gasteiger partial charge on any atom is 0.167 e. The molecule has 0 unspecified atom stereocenters. The van der Waals surface area contributed by atoms with Gasteiger partial charge in [-0.05, 0) is 91.7 Å². The second-order valence-electron chi connectivity index (χ2n) is 16.6. The van der Waals surface area contributed by atoms with Crippen molar-refractivity contribution < 1.29 is 4.42 Å². The summed E-state index contributed by atoms with van der Waals surface area (Å²) in [4.78, 5) is 15.7. The lowest BCUT2D eigenvalue weighted by molar-refractivity contribution is 0.669. The molecule has 66 heavy (non-hydrogen) atoms. The van der Waals surface area contributed by atoms with Gasteiger partial charge >= 0.3 is 0 Å². The Morgan fingerprint density at radius 1 is 0.318 bits per heavy atom. The van der Waals surface area contributed by atoms with Crippen molar-refractivity contribution in [1.82, 2.24) is 15.0 Å². The van der Waals surface area contributed by atoms with Crippen LogP contribution in [0.2, 0.25) is 0 Å². The predicted molar refractivity (Wildman–Crippen MR) is 276 cm³/mol. The molecule has 3 aromatic heterocycles. The standard InChI is InChI=1S/C61H37N3OS/c1-4-16-38(17-5-1)42-32-35-54-52(36-42)57-50(27-15-29-55(57)66-54)60-62-59(41-21-8-3-9-22-41)63-61(64-60)51-28-14-26-49-47-33-31-43(37-53(47)65-58(49)51)44-23-12-13-25-46(44)48-34-30-39-18-10-11-24-45(39)56(48)40-19-6-2-7-20-40/h1-37H.